The monoisotopic (exact) mass is 297 g/mol. The van der Waals surface area contributed by atoms with Crippen LogP contribution in [0.25, 0.3) is 0 Å². The summed E-state index contributed by atoms with van der Waals surface area (Å²) in [5.41, 5.74) is 5.78. The molecule has 2 rings (SSSR count). The van der Waals surface area contributed by atoms with Crippen LogP contribution in [-0.4, -0.2) is 60.0 Å². The van der Waals surface area contributed by atoms with Crippen LogP contribution in [0.2, 0.25) is 0 Å². The number of carbonyl (C=O) groups is 1. The van der Waals surface area contributed by atoms with Gasteiger partial charge in [-0.3, -0.25) is 0 Å². The number of nitrogens with zero attached hydrogens (tertiary/aromatic N) is 4. The van der Waals surface area contributed by atoms with E-state index >= 15 is 0 Å². The maximum Gasteiger partial charge on any atom is 0.409 e. The Morgan fingerprint density at radius 3 is 2.70 bits per heavy atom. The standard InChI is InChI=1S/C12H19N5O2S/c1-3-19-12(18)17-6-4-16(5-7-17)10-8-9(13)14-11(15-10)20-2/h8H,3-7H2,1-2H3,(H2,13,14,15). The van der Waals surface area contributed by atoms with Crippen LogP contribution < -0.4 is 10.6 Å². The number of thioether (sulfide) groups is 1. The van der Waals surface area contributed by atoms with E-state index in [1.807, 2.05) is 13.2 Å². The van der Waals surface area contributed by atoms with Gasteiger partial charge in [0.1, 0.15) is 11.6 Å². The molecular formula is C12H19N5O2S. The zero-order chi connectivity index (χ0) is 14.5. The molecule has 1 aliphatic rings. The highest BCUT2D eigenvalue weighted by Crippen LogP contribution is 2.20. The Morgan fingerprint density at radius 1 is 1.40 bits per heavy atom. The number of hydrogen-bond donors (Lipinski definition) is 1. The zero-order valence-corrected chi connectivity index (χ0v) is 12.5. The van der Waals surface area contributed by atoms with E-state index < -0.39 is 0 Å². The van der Waals surface area contributed by atoms with Gasteiger partial charge in [0.15, 0.2) is 5.16 Å². The number of rotatable bonds is 3. The van der Waals surface area contributed by atoms with E-state index in [9.17, 15) is 4.79 Å². The molecule has 7 nitrogen and oxygen atoms in total. The van der Waals surface area contributed by atoms with Gasteiger partial charge in [-0.25, -0.2) is 14.8 Å². The number of aromatic nitrogens is 2. The maximum absolute atomic E-state index is 11.6. The van der Waals surface area contributed by atoms with Crippen molar-refractivity contribution in [3.63, 3.8) is 0 Å². The number of anilines is 2. The minimum Gasteiger partial charge on any atom is -0.450 e. The Labute approximate surface area is 122 Å². The number of hydrogen-bond acceptors (Lipinski definition) is 7. The first-order valence-corrected chi connectivity index (χ1v) is 7.71. The second kappa shape index (κ2) is 6.65. The summed E-state index contributed by atoms with van der Waals surface area (Å²) in [5.74, 6) is 1.28. The molecule has 1 amide bonds. The average Bonchev–Trinajstić information content (AvgIpc) is 2.47. The summed E-state index contributed by atoms with van der Waals surface area (Å²) in [7, 11) is 0. The second-order valence-electron chi connectivity index (χ2n) is 4.31. The molecular weight excluding hydrogens is 278 g/mol. The summed E-state index contributed by atoms with van der Waals surface area (Å²) in [5, 5.41) is 0.660. The van der Waals surface area contributed by atoms with Crippen molar-refractivity contribution < 1.29 is 9.53 Å². The Hall–Kier alpha value is -1.70. The van der Waals surface area contributed by atoms with E-state index in [0.29, 0.717) is 43.8 Å². The van der Waals surface area contributed by atoms with E-state index in [1.54, 1.807) is 11.0 Å². The van der Waals surface area contributed by atoms with Gasteiger partial charge in [-0.15, -0.1) is 0 Å². The maximum atomic E-state index is 11.6. The first-order valence-electron chi connectivity index (χ1n) is 6.49. The lowest BCUT2D eigenvalue weighted by Crippen LogP contribution is -2.49. The molecule has 1 aliphatic heterocycles. The number of piperazine rings is 1. The first-order chi connectivity index (χ1) is 9.63. The number of nitrogen functional groups attached to an aromatic ring is 1. The summed E-state index contributed by atoms with van der Waals surface area (Å²) >= 11 is 1.46. The number of amides is 1. The van der Waals surface area contributed by atoms with Crippen molar-refractivity contribution in [2.45, 2.75) is 12.1 Å². The molecule has 0 radical (unpaired) electrons. The molecule has 1 aromatic heterocycles. The minimum absolute atomic E-state index is 0.251. The number of carbonyl (C=O) groups excluding carboxylic acids is 1. The minimum atomic E-state index is -0.251. The third-order valence-corrected chi connectivity index (χ3v) is 3.57. The third-order valence-electron chi connectivity index (χ3n) is 3.02. The predicted molar refractivity (Wildman–Crippen MR) is 79.0 cm³/mol. The van der Waals surface area contributed by atoms with Gasteiger partial charge in [0.05, 0.1) is 6.61 Å². The molecule has 20 heavy (non-hydrogen) atoms. The average molecular weight is 297 g/mol. The van der Waals surface area contributed by atoms with Gasteiger partial charge in [-0.1, -0.05) is 11.8 Å². The highest BCUT2D eigenvalue weighted by molar-refractivity contribution is 7.98. The molecule has 0 aliphatic carbocycles. The van der Waals surface area contributed by atoms with Crippen LogP contribution in [0.5, 0.6) is 0 Å². The van der Waals surface area contributed by atoms with Crippen molar-refractivity contribution >= 4 is 29.5 Å². The molecule has 0 saturated carbocycles. The number of ether oxygens (including phenoxy) is 1. The van der Waals surface area contributed by atoms with Gasteiger partial charge in [-0.05, 0) is 13.2 Å². The molecule has 0 unspecified atom stereocenters. The van der Waals surface area contributed by atoms with Gasteiger partial charge >= 0.3 is 6.09 Å². The van der Waals surface area contributed by atoms with Crippen molar-refractivity contribution in [3.8, 4) is 0 Å². The fraction of sp³-hybridized carbons (Fsp3) is 0.583. The normalized spacial score (nSPS) is 15.3. The topological polar surface area (TPSA) is 84.6 Å². The van der Waals surface area contributed by atoms with E-state index in [-0.39, 0.29) is 6.09 Å². The molecule has 2 N–H and O–H groups in total. The molecule has 0 atom stereocenters. The Balaban J connectivity index is 2.00. The summed E-state index contributed by atoms with van der Waals surface area (Å²) < 4.78 is 5.00. The van der Waals surface area contributed by atoms with Crippen LogP contribution in [-0.2, 0) is 4.74 Å². The van der Waals surface area contributed by atoms with E-state index in [4.69, 9.17) is 10.5 Å². The number of nitrogens with two attached hydrogens (primary N) is 1. The second-order valence-corrected chi connectivity index (χ2v) is 5.08. The third kappa shape index (κ3) is 3.44. The van der Waals surface area contributed by atoms with Crippen LogP contribution >= 0.6 is 11.8 Å². The fourth-order valence-corrected chi connectivity index (χ4v) is 2.40. The van der Waals surface area contributed by atoms with Crippen LogP contribution in [0.4, 0.5) is 16.4 Å². The van der Waals surface area contributed by atoms with Gasteiger partial charge in [-0.2, -0.15) is 0 Å². The van der Waals surface area contributed by atoms with Gasteiger partial charge in [0.25, 0.3) is 0 Å². The Morgan fingerprint density at radius 2 is 2.10 bits per heavy atom. The van der Waals surface area contributed by atoms with Crippen molar-refractivity contribution in [1.29, 1.82) is 0 Å². The van der Waals surface area contributed by atoms with Crippen LogP contribution in [0.15, 0.2) is 11.2 Å². The Bertz CT molecular complexity index is 477. The predicted octanol–water partition coefficient (Wildman–Crippen LogP) is 1.06. The SMILES string of the molecule is CCOC(=O)N1CCN(c2cc(N)nc(SC)n2)CC1. The lowest BCUT2D eigenvalue weighted by Gasteiger charge is -2.34. The quantitative estimate of drug-likeness (QED) is 0.659. The highest BCUT2D eigenvalue weighted by Gasteiger charge is 2.23. The highest BCUT2D eigenvalue weighted by atomic mass is 32.2. The molecule has 8 heteroatoms. The lowest BCUT2D eigenvalue weighted by atomic mass is 10.3. The molecule has 0 spiro atoms. The molecule has 1 fully saturated rings. The summed E-state index contributed by atoms with van der Waals surface area (Å²) in [6, 6.07) is 1.76. The van der Waals surface area contributed by atoms with Crippen molar-refractivity contribution in [1.82, 2.24) is 14.9 Å². The Kier molecular flexibility index (Phi) is 4.89. The van der Waals surface area contributed by atoms with Crippen molar-refractivity contribution in [3.05, 3.63) is 6.07 Å². The van der Waals surface area contributed by atoms with E-state index in [0.717, 1.165) is 5.82 Å². The molecule has 0 aromatic carbocycles. The van der Waals surface area contributed by atoms with Crippen molar-refractivity contribution in [2.24, 2.45) is 0 Å². The molecule has 2 heterocycles. The molecule has 110 valence electrons. The van der Waals surface area contributed by atoms with Crippen molar-refractivity contribution in [2.75, 3.05) is 49.7 Å². The molecule has 0 bridgehead atoms. The molecule has 1 saturated heterocycles. The summed E-state index contributed by atoms with van der Waals surface area (Å²) in [6.07, 6.45) is 1.66. The fourth-order valence-electron chi connectivity index (χ4n) is 2.02. The summed E-state index contributed by atoms with van der Waals surface area (Å²) in [4.78, 5) is 24.0. The van der Waals surface area contributed by atoms with Gasteiger partial charge < -0.3 is 20.3 Å². The van der Waals surface area contributed by atoms with Crippen LogP contribution in [0.1, 0.15) is 6.92 Å². The largest absolute Gasteiger partial charge is 0.450 e. The smallest absolute Gasteiger partial charge is 0.409 e. The summed E-state index contributed by atoms with van der Waals surface area (Å²) in [6.45, 7) is 4.88. The van der Waals surface area contributed by atoms with Gasteiger partial charge in [0, 0.05) is 32.2 Å². The first kappa shape index (κ1) is 14.7. The van der Waals surface area contributed by atoms with Crippen LogP contribution in [0, 0.1) is 0 Å². The lowest BCUT2D eigenvalue weighted by molar-refractivity contribution is 0.105. The van der Waals surface area contributed by atoms with Gasteiger partial charge in [0.2, 0.25) is 0 Å². The van der Waals surface area contributed by atoms with E-state index in [2.05, 4.69) is 14.9 Å². The van der Waals surface area contributed by atoms with Crippen LogP contribution in [0.3, 0.4) is 0 Å². The zero-order valence-electron chi connectivity index (χ0n) is 11.7. The van der Waals surface area contributed by atoms with E-state index in [1.165, 1.54) is 11.8 Å². The molecule has 1 aromatic rings.